The van der Waals surface area contributed by atoms with Crippen LogP contribution in [0, 0.1) is 5.41 Å². The van der Waals surface area contributed by atoms with Crippen molar-refractivity contribution in [2.24, 2.45) is 5.41 Å². The molecule has 1 aromatic rings. The number of ether oxygens (including phenoxy) is 1. The van der Waals surface area contributed by atoms with E-state index in [2.05, 4.69) is 51.2 Å². The van der Waals surface area contributed by atoms with Gasteiger partial charge in [0, 0.05) is 11.8 Å². The normalized spacial score (nSPS) is 17.7. The number of carbonyl (C=O) groups excluding carboxylic acids is 1. The van der Waals surface area contributed by atoms with E-state index in [9.17, 15) is 4.79 Å². The number of rotatable bonds is 7. The molecule has 1 aliphatic rings. The molecular formula is C27H35NO2. The van der Waals surface area contributed by atoms with Crippen LogP contribution in [-0.2, 0) is 4.79 Å². The quantitative estimate of drug-likeness (QED) is 0.386. The van der Waals surface area contributed by atoms with E-state index in [0.29, 0.717) is 0 Å². The highest BCUT2D eigenvalue weighted by Gasteiger charge is 2.26. The largest absolute Gasteiger partial charge is 0.497 e. The maximum atomic E-state index is 12.2. The van der Waals surface area contributed by atoms with Crippen LogP contribution in [0.5, 0.6) is 5.75 Å². The Bertz CT molecular complexity index is 893. The number of hydrogen-bond acceptors (Lipinski definition) is 2. The van der Waals surface area contributed by atoms with Gasteiger partial charge >= 0.3 is 0 Å². The average Bonchev–Trinajstić information content (AvgIpc) is 2.67. The molecule has 0 aromatic heterocycles. The fourth-order valence-corrected chi connectivity index (χ4v) is 3.74. The third-order valence-corrected chi connectivity index (χ3v) is 5.49. The molecule has 0 unspecified atom stereocenters. The molecule has 0 fully saturated rings. The summed E-state index contributed by atoms with van der Waals surface area (Å²) in [5.74, 6) is 0.613. The Kier molecular flexibility index (Phi) is 8.46. The summed E-state index contributed by atoms with van der Waals surface area (Å²) < 4.78 is 5.12. The zero-order valence-corrected chi connectivity index (χ0v) is 19.2. The zero-order valence-electron chi connectivity index (χ0n) is 19.2. The van der Waals surface area contributed by atoms with E-state index < -0.39 is 0 Å². The van der Waals surface area contributed by atoms with Gasteiger partial charge in [-0.15, -0.1) is 0 Å². The minimum absolute atomic E-state index is 0.148. The number of nitrogens with one attached hydrogen (secondary N) is 1. The third-order valence-electron chi connectivity index (χ3n) is 5.49. The predicted octanol–water partition coefficient (Wildman–Crippen LogP) is 7.17. The van der Waals surface area contributed by atoms with E-state index in [-0.39, 0.29) is 11.3 Å². The van der Waals surface area contributed by atoms with Gasteiger partial charge in [0.25, 0.3) is 0 Å². The lowest BCUT2D eigenvalue weighted by molar-refractivity contribution is -0.111. The number of hydrogen-bond donors (Lipinski definition) is 1. The molecule has 0 radical (unpaired) electrons. The zero-order chi connectivity index (χ0) is 22.1. The van der Waals surface area contributed by atoms with Gasteiger partial charge in [0.2, 0.25) is 5.91 Å². The van der Waals surface area contributed by atoms with Crippen molar-refractivity contribution in [1.82, 2.24) is 0 Å². The van der Waals surface area contributed by atoms with Gasteiger partial charge in [0.15, 0.2) is 0 Å². The molecule has 0 atom stereocenters. The smallest absolute Gasteiger partial charge is 0.248 e. The highest BCUT2D eigenvalue weighted by molar-refractivity contribution is 6.00. The minimum Gasteiger partial charge on any atom is -0.497 e. The highest BCUT2D eigenvalue weighted by atomic mass is 16.5. The van der Waals surface area contributed by atoms with Crippen LogP contribution in [0.4, 0.5) is 5.69 Å². The second-order valence-electron chi connectivity index (χ2n) is 8.64. The summed E-state index contributed by atoms with van der Waals surface area (Å²) in [6, 6.07) is 7.27. The lowest BCUT2D eigenvalue weighted by atomic mass is 9.72. The second kappa shape index (κ2) is 10.8. The van der Waals surface area contributed by atoms with Gasteiger partial charge in [-0.2, -0.15) is 0 Å². The molecular weight excluding hydrogens is 370 g/mol. The average molecular weight is 406 g/mol. The Labute approximate surface area is 181 Å². The van der Waals surface area contributed by atoms with E-state index >= 15 is 0 Å². The van der Waals surface area contributed by atoms with Crippen molar-refractivity contribution in [1.29, 1.82) is 0 Å². The van der Waals surface area contributed by atoms with Gasteiger partial charge < -0.3 is 10.1 Å². The Morgan fingerprint density at radius 1 is 1.10 bits per heavy atom. The Morgan fingerprint density at radius 2 is 1.80 bits per heavy atom. The number of amides is 1. The van der Waals surface area contributed by atoms with Crippen molar-refractivity contribution in [3.8, 4) is 5.75 Å². The van der Waals surface area contributed by atoms with E-state index in [4.69, 9.17) is 4.74 Å². The van der Waals surface area contributed by atoms with Crippen molar-refractivity contribution in [3.63, 3.8) is 0 Å². The molecule has 1 aliphatic carbocycles. The summed E-state index contributed by atoms with van der Waals surface area (Å²) in [5, 5.41) is 2.86. The second-order valence-corrected chi connectivity index (χ2v) is 8.64. The van der Waals surface area contributed by atoms with Crippen molar-refractivity contribution < 1.29 is 9.53 Å². The first-order chi connectivity index (χ1) is 14.2. The van der Waals surface area contributed by atoms with Crippen molar-refractivity contribution in [2.75, 3.05) is 12.4 Å². The van der Waals surface area contributed by atoms with Crippen molar-refractivity contribution in [3.05, 3.63) is 83.0 Å². The number of allylic oxidation sites excluding steroid dienone is 9. The van der Waals surface area contributed by atoms with Crippen LogP contribution in [0.15, 0.2) is 83.0 Å². The van der Waals surface area contributed by atoms with Gasteiger partial charge in [0.05, 0.1) is 7.11 Å². The van der Waals surface area contributed by atoms with Gasteiger partial charge in [-0.05, 0) is 80.9 Å². The lowest BCUT2D eigenvalue weighted by Gasteiger charge is -2.32. The van der Waals surface area contributed by atoms with Gasteiger partial charge in [-0.1, -0.05) is 55.4 Å². The summed E-state index contributed by atoms with van der Waals surface area (Å²) in [4.78, 5) is 12.2. The molecule has 0 aliphatic heterocycles. The Morgan fingerprint density at radius 3 is 2.43 bits per heavy atom. The summed E-state index contributed by atoms with van der Waals surface area (Å²) in [6.45, 7) is 10.9. The molecule has 2 rings (SSSR count). The first kappa shape index (κ1) is 23.5. The number of methoxy groups -OCH3 is 1. The standard InChI is InChI=1S/C27H35NO2/c1-20(12-17-25-22(3)11-8-18-27(25,4)5)9-7-10-21(2)19-26(29)28-23-13-15-24(30-6)16-14-23/h7,9-10,12-17,19H,8,11,18H2,1-6H3,(H,28,29)/b10-7+,17-12-,20-9+,21-19+. The molecule has 0 spiro atoms. The van der Waals surface area contributed by atoms with E-state index in [1.165, 1.54) is 36.0 Å². The summed E-state index contributed by atoms with van der Waals surface area (Å²) in [6.07, 6.45) is 15.8. The maximum absolute atomic E-state index is 12.2. The van der Waals surface area contributed by atoms with Crippen molar-refractivity contribution in [2.45, 2.75) is 53.9 Å². The molecule has 0 saturated carbocycles. The lowest BCUT2D eigenvalue weighted by Crippen LogP contribution is -2.19. The molecule has 30 heavy (non-hydrogen) atoms. The van der Waals surface area contributed by atoms with E-state index in [1.807, 2.05) is 43.3 Å². The molecule has 0 bridgehead atoms. The minimum atomic E-state index is -0.148. The fourth-order valence-electron chi connectivity index (χ4n) is 3.74. The molecule has 1 amide bonds. The molecule has 1 N–H and O–H groups in total. The first-order valence-electron chi connectivity index (χ1n) is 10.6. The summed E-state index contributed by atoms with van der Waals surface area (Å²) in [7, 11) is 1.62. The molecule has 3 nitrogen and oxygen atoms in total. The SMILES string of the molecule is COc1ccc(NC(=O)/C=C(C)/C=C/C=C(C)/C=C\C2=C(C)CCCC2(C)C)cc1. The van der Waals surface area contributed by atoms with E-state index in [0.717, 1.165) is 17.0 Å². The highest BCUT2D eigenvalue weighted by Crippen LogP contribution is 2.40. The van der Waals surface area contributed by atoms with Crippen LogP contribution in [-0.4, -0.2) is 13.0 Å². The van der Waals surface area contributed by atoms with Crippen LogP contribution >= 0.6 is 0 Å². The molecule has 0 saturated heterocycles. The number of benzene rings is 1. The molecule has 0 heterocycles. The van der Waals surface area contributed by atoms with Crippen LogP contribution < -0.4 is 10.1 Å². The predicted molar refractivity (Wildman–Crippen MR) is 128 cm³/mol. The van der Waals surface area contributed by atoms with Gasteiger partial charge in [-0.3, -0.25) is 4.79 Å². The van der Waals surface area contributed by atoms with Gasteiger partial charge in [-0.25, -0.2) is 0 Å². The van der Waals surface area contributed by atoms with Crippen LogP contribution in [0.25, 0.3) is 0 Å². The first-order valence-corrected chi connectivity index (χ1v) is 10.6. The Hall–Kier alpha value is -2.81. The van der Waals surface area contributed by atoms with Crippen LogP contribution in [0.1, 0.15) is 53.9 Å². The molecule has 1 aromatic carbocycles. The Balaban J connectivity index is 1.95. The van der Waals surface area contributed by atoms with E-state index in [1.54, 1.807) is 13.2 Å². The summed E-state index contributed by atoms with van der Waals surface area (Å²) >= 11 is 0. The summed E-state index contributed by atoms with van der Waals surface area (Å²) in [5.41, 5.74) is 6.05. The van der Waals surface area contributed by atoms with Crippen LogP contribution in [0.2, 0.25) is 0 Å². The number of anilines is 1. The maximum Gasteiger partial charge on any atom is 0.248 e. The van der Waals surface area contributed by atoms with Gasteiger partial charge in [0.1, 0.15) is 5.75 Å². The fraction of sp³-hybridized carbons (Fsp3) is 0.370. The van der Waals surface area contributed by atoms with Crippen LogP contribution in [0.3, 0.4) is 0 Å². The molecule has 3 heteroatoms. The number of carbonyl (C=O) groups is 1. The molecule has 160 valence electrons. The monoisotopic (exact) mass is 405 g/mol. The topological polar surface area (TPSA) is 38.3 Å². The van der Waals surface area contributed by atoms with Crippen molar-refractivity contribution >= 4 is 11.6 Å². The third kappa shape index (κ3) is 7.22.